The average Bonchev–Trinajstić information content (AvgIpc) is 2.74. The van der Waals surface area contributed by atoms with E-state index in [0.29, 0.717) is 28.8 Å². The van der Waals surface area contributed by atoms with Gasteiger partial charge in [-0.1, -0.05) is 6.07 Å². The van der Waals surface area contributed by atoms with Gasteiger partial charge in [-0.25, -0.2) is 9.45 Å². The lowest BCUT2D eigenvalue weighted by Crippen LogP contribution is -2.39. The Bertz CT molecular complexity index is 515. The summed E-state index contributed by atoms with van der Waals surface area (Å²) in [4.78, 5) is 17.4. The first-order valence-corrected chi connectivity index (χ1v) is 7.71. The van der Waals surface area contributed by atoms with Crippen LogP contribution in [0.4, 0.5) is 4.39 Å². The van der Waals surface area contributed by atoms with Crippen LogP contribution in [-0.4, -0.2) is 44.8 Å². The Kier molecular flexibility index (Phi) is 5.91. The summed E-state index contributed by atoms with van der Waals surface area (Å²) in [5.41, 5.74) is 0.666. The maximum Gasteiger partial charge on any atom is 0.253 e. The highest BCUT2D eigenvalue weighted by Gasteiger charge is 2.34. The van der Waals surface area contributed by atoms with E-state index in [2.05, 4.69) is 5.32 Å². The third-order valence-corrected chi connectivity index (χ3v) is 4.35. The number of carbonyl (C=O) groups excluding carboxylic acids is 1. The van der Waals surface area contributed by atoms with Gasteiger partial charge in [0.05, 0.1) is 25.7 Å². The number of nitrogens with zero attached hydrogens (tertiary/aromatic N) is 1. The number of hydrogen-bond acceptors (Lipinski definition) is 4. The van der Waals surface area contributed by atoms with Gasteiger partial charge in [-0.2, -0.15) is 0 Å². The first-order valence-electron chi connectivity index (χ1n) is 6.63. The van der Waals surface area contributed by atoms with Gasteiger partial charge in [0.25, 0.3) is 5.91 Å². The minimum absolute atomic E-state index is 0.198. The smallest absolute Gasteiger partial charge is 0.253 e. The molecule has 2 atom stereocenters. The van der Waals surface area contributed by atoms with Crippen LogP contribution < -0.4 is 5.32 Å². The molecule has 0 aromatic heterocycles. The van der Waals surface area contributed by atoms with Crippen LogP contribution in [0.1, 0.15) is 11.7 Å². The van der Waals surface area contributed by atoms with Crippen LogP contribution in [0.5, 0.6) is 0 Å². The Morgan fingerprint density at radius 1 is 1.57 bits per heavy atom. The second-order valence-electron chi connectivity index (χ2n) is 4.79. The minimum Gasteiger partial charge on any atom is -0.371 e. The predicted molar refractivity (Wildman–Crippen MR) is 83.9 cm³/mol. The van der Waals surface area contributed by atoms with Gasteiger partial charge in [-0.3, -0.25) is 9.63 Å². The van der Waals surface area contributed by atoms with Crippen LogP contribution in [0.3, 0.4) is 0 Å². The third kappa shape index (κ3) is 3.91. The fourth-order valence-electron chi connectivity index (χ4n) is 2.30. The lowest BCUT2D eigenvalue weighted by Gasteiger charge is -2.27. The van der Waals surface area contributed by atoms with E-state index < -0.39 is 12.0 Å². The van der Waals surface area contributed by atoms with Gasteiger partial charge in [-0.05, 0) is 40.3 Å². The molecule has 1 aromatic rings. The Morgan fingerprint density at radius 2 is 2.33 bits per heavy atom. The molecule has 5 nitrogen and oxygen atoms in total. The summed E-state index contributed by atoms with van der Waals surface area (Å²) in [6.45, 7) is 1.59. The molecule has 21 heavy (non-hydrogen) atoms. The summed E-state index contributed by atoms with van der Waals surface area (Å²) in [5.74, 6) is -0.965. The van der Waals surface area contributed by atoms with Crippen molar-refractivity contribution in [2.24, 2.45) is 5.92 Å². The quantitative estimate of drug-likeness (QED) is 0.612. The molecule has 1 aromatic carbocycles. The number of rotatable bonds is 3. The lowest BCUT2D eigenvalue weighted by molar-refractivity contribution is -0.177. The van der Waals surface area contributed by atoms with Crippen molar-refractivity contribution in [3.8, 4) is 0 Å². The average molecular weight is 408 g/mol. The molecule has 0 saturated carbocycles. The second kappa shape index (κ2) is 7.48. The third-order valence-electron chi connectivity index (χ3n) is 3.48. The SMILES string of the molecule is CON(C)C(=O)[C@@H]1CNCCO[C@H]1c1ccc(I)c(F)c1. The van der Waals surface area contributed by atoms with Crippen LogP contribution in [0.2, 0.25) is 0 Å². The Morgan fingerprint density at radius 3 is 3.00 bits per heavy atom. The molecule has 1 fully saturated rings. The lowest BCUT2D eigenvalue weighted by atomic mass is 9.94. The summed E-state index contributed by atoms with van der Waals surface area (Å²) in [6, 6.07) is 4.92. The van der Waals surface area contributed by atoms with Crippen molar-refractivity contribution in [2.75, 3.05) is 33.9 Å². The highest BCUT2D eigenvalue weighted by Crippen LogP contribution is 2.30. The molecule has 1 N–H and O–H groups in total. The molecular formula is C14H18FIN2O3. The number of amides is 1. The fourth-order valence-corrected chi connectivity index (χ4v) is 2.63. The Labute approximate surface area is 136 Å². The molecule has 1 aliphatic rings. The molecule has 7 heteroatoms. The van der Waals surface area contributed by atoms with Crippen molar-refractivity contribution in [1.29, 1.82) is 0 Å². The molecule has 2 rings (SSSR count). The summed E-state index contributed by atoms with van der Waals surface area (Å²) >= 11 is 1.93. The van der Waals surface area contributed by atoms with E-state index in [1.807, 2.05) is 22.6 Å². The first-order chi connectivity index (χ1) is 10.0. The Balaban J connectivity index is 2.30. The van der Waals surface area contributed by atoms with Crippen LogP contribution in [-0.2, 0) is 14.4 Å². The molecule has 0 spiro atoms. The summed E-state index contributed by atoms with van der Waals surface area (Å²) in [7, 11) is 2.99. The number of hydroxylamine groups is 2. The summed E-state index contributed by atoms with van der Waals surface area (Å²) in [5, 5.41) is 4.34. The largest absolute Gasteiger partial charge is 0.371 e. The predicted octanol–water partition coefficient (Wildman–Crippen LogP) is 1.73. The maximum absolute atomic E-state index is 13.8. The van der Waals surface area contributed by atoms with Crippen molar-refractivity contribution in [1.82, 2.24) is 10.4 Å². The van der Waals surface area contributed by atoms with Crippen LogP contribution >= 0.6 is 22.6 Å². The van der Waals surface area contributed by atoms with Gasteiger partial charge in [0.1, 0.15) is 5.82 Å². The van der Waals surface area contributed by atoms with Crippen molar-refractivity contribution in [3.63, 3.8) is 0 Å². The molecular weight excluding hydrogens is 390 g/mol. The minimum atomic E-state index is -0.489. The topological polar surface area (TPSA) is 50.8 Å². The van der Waals surface area contributed by atoms with Crippen molar-refractivity contribution < 1.29 is 18.8 Å². The van der Waals surface area contributed by atoms with Gasteiger partial charge in [-0.15, -0.1) is 0 Å². The van der Waals surface area contributed by atoms with E-state index in [9.17, 15) is 9.18 Å². The van der Waals surface area contributed by atoms with Crippen molar-refractivity contribution in [3.05, 3.63) is 33.1 Å². The molecule has 0 aliphatic carbocycles. The van der Waals surface area contributed by atoms with Crippen LogP contribution in [0.15, 0.2) is 18.2 Å². The zero-order chi connectivity index (χ0) is 15.4. The fraction of sp³-hybridized carbons (Fsp3) is 0.500. The van der Waals surface area contributed by atoms with Gasteiger partial charge >= 0.3 is 0 Å². The van der Waals surface area contributed by atoms with E-state index in [1.54, 1.807) is 19.2 Å². The van der Waals surface area contributed by atoms with E-state index >= 15 is 0 Å². The van der Waals surface area contributed by atoms with Crippen molar-refractivity contribution >= 4 is 28.5 Å². The monoisotopic (exact) mass is 408 g/mol. The normalized spacial score (nSPS) is 22.7. The molecule has 116 valence electrons. The second-order valence-corrected chi connectivity index (χ2v) is 5.96. The summed E-state index contributed by atoms with van der Waals surface area (Å²) < 4.78 is 20.1. The van der Waals surface area contributed by atoms with E-state index in [-0.39, 0.29) is 11.7 Å². The van der Waals surface area contributed by atoms with E-state index in [4.69, 9.17) is 9.57 Å². The highest BCUT2D eigenvalue weighted by molar-refractivity contribution is 14.1. The van der Waals surface area contributed by atoms with Gasteiger partial charge in [0, 0.05) is 23.7 Å². The van der Waals surface area contributed by atoms with Gasteiger partial charge in [0.15, 0.2) is 0 Å². The Hall–Kier alpha value is -0.770. The molecule has 1 saturated heterocycles. The molecule has 0 radical (unpaired) electrons. The van der Waals surface area contributed by atoms with E-state index in [0.717, 1.165) is 0 Å². The van der Waals surface area contributed by atoms with E-state index in [1.165, 1.54) is 18.2 Å². The highest BCUT2D eigenvalue weighted by atomic mass is 127. The molecule has 1 heterocycles. The van der Waals surface area contributed by atoms with Crippen LogP contribution in [0, 0.1) is 15.3 Å². The molecule has 0 bridgehead atoms. The summed E-state index contributed by atoms with van der Waals surface area (Å²) in [6.07, 6.45) is -0.489. The standard InChI is InChI=1S/C14H18FIN2O3/c1-18(20-2)14(19)10-8-17-5-6-21-13(10)9-3-4-12(16)11(15)7-9/h3-4,7,10,13,17H,5-6,8H2,1-2H3/t10-,13+/m1/s1. The maximum atomic E-state index is 13.8. The first kappa shape index (κ1) is 16.6. The van der Waals surface area contributed by atoms with Crippen molar-refractivity contribution in [2.45, 2.75) is 6.10 Å². The number of nitrogens with one attached hydrogen (secondary N) is 1. The number of hydrogen-bond donors (Lipinski definition) is 1. The molecule has 1 aliphatic heterocycles. The zero-order valence-electron chi connectivity index (χ0n) is 11.9. The van der Waals surface area contributed by atoms with Gasteiger partial charge in [0.2, 0.25) is 0 Å². The van der Waals surface area contributed by atoms with Crippen LogP contribution in [0.25, 0.3) is 0 Å². The number of halogens is 2. The van der Waals surface area contributed by atoms with Gasteiger partial charge < -0.3 is 10.1 Å². The zero-order valence-corrected chi connectivity index (χ0v) is 14.1. The number of carbonyl (C=O) groups is 1. The number of benzene rings is 1. The number of ether oxygens (including phenoxy) is 1. The molecule has 0 unspecified atom stereocenters. The molecule has 1 amide bonds.